The van der Waals surface area contributed by atoms with Crippen molar-refractivity contribution >= 4 is 11.8 Å². The van der Waals surface area contributed by atoms with E-state index in [0.29, 0.717) is 17.7 Å². The number of aromatic nitrogens is 5. The third-order valence-corrected chi connectivity index (χ3v) is 4.62. The fourth-order valence-electron chi connectivity index (χ4n) is 3.21. The minimum atomic E-state index is -0.348. The standard InChI is InChI=1S/C18H20FN7/c1-25-9-7-21-17(25)12-26-8-4-13(11-26)15-3-6-22-18(23-15)24-16-10-14(19)2-5-20-16/h2-3,5-7,9-10,13H,4,8,11-12H2,1H3,(H,20,22,23,24)/t13-/m0/s1. The van der Waals surface area contributed by atoms with Crippen LogP contribution in [0.5, 0.6) is 0 Å². The number of imidazole rings is 1. The normalized spacial score (nSPS) is 17.5. The van der Waals surface area contributed by atoms with Gasteiger partial charge in [-0.2, -0.15) is 0 Å². The van der Waals surface area contributed by atoms with Crippen molar-refractivity contribution in [2.75, 3.05) is 18.4 Å². The summed E-state index contributed by atoms with van der Waals surface area (Å²) in [5, 5.41) is 2.96. The van der Waals surface area contributed by atoms with Crippen LogP contribution >= 0.6 is 0 Å². The van der Waals surface area contributed by atoms with E-state index in [1.54, 1.807) is 6.20 Å². The number of nitrogens with one attached hydrogen (secondary N) is 1. The van der Waals surface area contributed by atoms with Gasteiger partial charge in [-0.05, 0) is 25.1 Å². The van der Waals surface area contributed by atoms with Gasteiger partial charge in [0.15, 0.2) is 0 Å². The van der Waals surface area contributed by atoms with Crippen molar-refractivity contribution in [3.05, 3.63) is 60.3 Å². The van der Waals surface area contributed by atoms with Crippen molar-refractivity contribution in [3.63, 3.8) is 0 Å². The first kappa shape index (κ1) is 16.6. The highest BCUT2D eigenvalue weighted by molar-refractivity contribution is 5.47. The summed E-state index contributed by atoms with van der Waals surface area (Å²) in [6.45, 7) is 2.78. The summed E-state index contributed by atoms with van der Waals surface area (Å²) < 4.78 is 15.3. The average Bonchev–Trinajstić information content (AvgIpc) is 3.25. The maximum atomic E-state index is 13.3. The molecule has 0 aliphatic carbocycles. The number of hydrogen-bond donors (Lipinski definition) is 1. The summed E-state index contributed by atoms with van der Waals surface area (Å²) >= 11 is 0. The molecule has 134 valence electrons. The molecule has 0 unspecified atom stereocenters. The van der Waals surface area contributed by atoms with Crippen LogP contribution in [0, 0.1) is 5.82 Å². The summed E-state index contributed by atoms with van der Waals surface area (Å²) in [6.07, 6.45) is 7.97. The number of likely N-dealkylation sites (tertiary alicyclic amines) is 1. The van der Waals surface area contributed by atoms with Crippen LogP contribution in [0.25, 0.3) is 0 Å². The molecule has 1 saturated heterocycles. The van der Waals surface area contributed by atoms with Crippen LogP contribution in [0.4, 0.5) is 16.2 Å². The molecule has 0 spiro atoms. The first-order valence-electron chi connectivity index (χ1n) is 8.57. The Kier molecular flexibility index (Phi) is 4.57. The number of anilines is 2. The maximum absolute atomic E-state index is 13.3. The summed E-state index contributed by atoms with van der Waals surface area (Å²) in [5.41, 5.74) is 0.987. The van der Waals surface area contributed by atoms with E-state index in [4.69, 9.17) is 0 Å². The molecule has 4 heterocycles. The second-order valence-corrected chi connectivity index (χ2v) is 6.46. The van der Waals surface area contributed by atoms with Crippen LogP contribution in [0.2, 0.25) is 0 Å². The smallest absolute Gasteiger partial charge is 0.228 e. The highest BCUT2D eigenvalue weighted by atomic mass is 19.1. The molecule has 1 aliphatic rings. The van der Waals surface area contributed by atoms with Crippen LogP contribution in [0.1, 0.15) is 23.9 Å². The van der Waals surface area contributed by atoms with Crippen LogP contribution in [0.15, 0.2) is 43.0 Å². The molecule has 1 N–H and O–H groups in total. The number of aryl methyl sites for hydroxylation is 1. The van der Waals surface area contributed by atoms with Gasteiger partial charge < -0.3 is 9.88 Å². The van der Waals surface area contributed by atoms with Crippen molar-refractivity contribution in [1.82, 2.24) is 29.4 Å². The molecule has 3 aromatic rings. The fraction of sp³-hybridized carbons (Fsp3) is 0.333. The molecule has 4 rings (SSSR count). The van der Waals surface area contributed by atoms with Gasteiger partial charge in [-0.3, -0.25) is 4.90 Å². The van der Waals surface area contributed by atoms with E-state index < -0.39 is 0 Å². The zero-order valence-corrected chi connectivity index (χ0v) is 14.5. The molecule has 26 heavy (non-hydrogen) atoms. The van der Waals surface area contributed by atoms with Crippen LogP contribution in [-0.4, -0.2) is 42.5 Å². The molecular formula is C18H20FN7. The second-order valence-electron chi connectivity index (χ2n) is 6.46. The lowest BCUT2D eigenvalue weighted by Gasteiger charge is -2.15. The van der Waals surface area contributed by atoms with Gasteiger partial charge in [-0.1, -0.05) is 0 Å². The second kappa shape index (κ2) is 7.17. The number of nitrogens with zero attached hydrogens (tertiary/aromatic N) is 6. The largest absolute Gasteiger partial charge is 0.337 e. The Bertz CT molecular complexity index is 895. The van der Waals surface area contributed by atoms with Crippen molar-refractivity contribution < 1.29 is 4.39 Å². The zero-order valence-electron chi connectivity index (χ0n) is 14.5. The number of hydrogen-bond acceptors (Lipinski definition) is 6. The lowest BCUT2D eigenvalue weighted by molar-refractivity contribution is 0.314. The van der Waals surface area contributed by atoms with Crippen LogP contribution in [-0.2, 0) is 13.6 Å². The Morgan fingerprint density at radius 3 is 2.88 bits per heavy atom. The Labute approximate surface area is 151 Å². The van der Waals surface area contributed by atoms with E-state index >= 15 is 0 Å². The van der Waals surface area contributed by atoms with Gasteiger partial charge >= 0.3 is 0 Å². The topological polar surface area (TPSA) is 71.8 Å². The molecule has 1 fully saturated rings. The fourth-order valence-corrected chi connectivity index (χ4v) is 3.21. The molecule has 8 heteroatoms. The van der Waals surface area contributed by atoms with Gasteiger partial charge in [0.05, 0.1) is 12.2 Å². The lowest BCUT2D eigenvalue weighted by Crippen LogP contribution is -2.22. The zero-order chi connectivity index (χ0) is 17.9. The molecule has 1 atom stereocenters. The third-order valence-electron chi connectivity index (χ3n) is 4.62. The van der Waals surface area contributed by atoms with Crippen LogP contribution in [0.3, 0.4) is 0 Å². The van der Waals surface area contributed by atoms with Crippen molar-refractivity contribution in [2.24, 2.45) is 7.05 Å². The Morgan fingerprint density at radius 2 is 2.08 bits per heavy atom. The molecule has 3 aromatic heterocycles. The van der Waals surface area contributed by atoms with Gasteiger partial charge in [0, 0.05) is 50.4 Å². The molecule has 0 radical (unpaired) electrons. The van der Waals surface area contributed by atoms with E-state index in [1.807, 2.05) is 30.1 Å². The predicted octanol–water partition coefficient (Wildman–Crippen LogP) is 2.48. The molecule has 0 saturated carbocycles. The molecular weight excluding hydrogens is 333 g/mol. The van der Waals surface area contributed by atoms with Gasteiger partial charge in [-0.25, -0.2) is 24.3 Å². The monoisotopic (exact) mass is 353 g/mol. The van der Waals surface area contributed by atoms with Crippen molar-refractivity contribution in [3.8, 4) is 0 Å². The summed E-state index contributed by atoms with van der Waals surface area (Å²) in [4.78, 5) is 19.7. The molecule has 1 aliphatic heterocycles. The average molecular weight is 353 g/mol. The highest BCUT2D eigenvalue weighted by Crippen LogP contribution is 2.27. The van der Waals surface area contributed by atoms with Gasteiger partial charge in [-0.15, -0.1) is 0 Å². The van der Waals surface area contributed by atoms with Crippen molar-refractivity contribution in [1.29, 1.82) is 0 Å². The summed E-state index contributed by atoms with van der Waals surface area (Å²) in [7, 11) is 2.01. The molecule has 0 bridgehead atoms. The van der Waals surface area contributed by atoms with E-state index in [9.17, 15) is 4.39 Å². The molecule has 7 nitrogen and oxygen atoms in total. The predicted molar refractivity (Wildman–Crippen MR) is 95.4 cm³/mol. The third kappa shape index (κ3) is 3.70. The SMILES string of the molecule is Cn1ccnc1CN1CC[C@H](c2ccnc(Nc3cc(F)ccn3)n2)C1. The molecule has 0 aromatic carbocycles. The quantitative estimate of drug-likeness (QED) is 0.760. The summed E-state index contributed by atoms with van der Waals surface area (Å²) in [5.74, 6) is 1.89. The number of pyridine rings is 1. The summed E-state index contributed by atoms with van der Waals surface area (Å²) in [6, 6.07) is 4.57. The first-order valence-corrected chi connectivity index (χ1v) is 8.57. The van der Waals surface area contributed by atoms with E-state index in [-0.39, 0.29) is 5.82 Å². The number of rotatable bonds is 5. The van der Waals surface area contributed by atoms with Gasteiger partial charge in [0.2, 0.25) is 5.95 Å². The van der Waals surface area contributed by atoms with E-state index in [0.717, 1.165) is 37.6 Å². The minimum absolute atomic E-state index is 0.347. The Balaban J connectivity index is 1.43. The Hall–Kier alpha value is -2.87. The number of halogens is 1. The van der Waals surface area contributed by atoms with Crippen LogP contribution < -0.4 is 5.32 Å². The van der Waals surface area contributed by atoms with Gasteiger partial charge in [0.25, 0.3) is 0 Å². The lowest BCUT2D eigenvalue weighted by atomic mass is 10.1. The van der Waals surface area contributed by atoms with E-state index in [1.165, 1.54) is 18.3 Å². The maximum Gasteiger partial charge on any atom is 0.228 e. The van der Waals surface area contributed by atoms with Gasteiger partial charge in [0.1, 0.15) is 17.5 Å². The molecule has 0 amide bonds. The Morgan fingerprint density at radius 1 is 1.19 bits per heavy atom. The van der Waals surface area contributed by atoms with E-state index in [2.05, 4.69) is 30.2 Å². The first-order chi connectivity index (χ1) is 12.7. The van der Waals surface area contributed by atoms with Crippen molar-refractivity contribution in [2.45, 2.75) is 18.9 Å². The minimum Gasteiger partial charge on any atom is -0.337 e. The highest BCUT2D eigenvalue weighted by Gasteiger charge is 2.26.